The Labute approximate surface area is 226 Å². The van der Waals surface area contributed by atoms with Gasteiger partial charge in [-0.2, -0.15) is 0 Å². The standard InChI is InChI=1S/C29H32N8O2/c1-34-15-10-29(11-16-34)18-36(23-6-3-2-5-21(23)29)27(38)22-17-25(32-19-31-22)35-13-8-20(9-14-35)37-24-7-4-12-30-26(24)33-28(37)39/h2-7,12,17,19-20H,8-11,13-16,18H2,1H3,(H,30,33,39). The molecule has 0 radical (unpaired) electrons. The van der Waals surface area contributed by atoms with E-state index in [4.69, 9.17) is 0 Å². The third-order valence-corrected chi connectivity index (χ3v) is 8.93. The predicted octanol–water partition coefficient (Wildman–Crippen LogP) is 2.98. The van der Waals surface area contributed by atoms with Crippen LogP contribution in [-0.4, -0.2) is 75.1 Å². The van der Waals surface area contributed by atoms with Gasteiger partial charge in [0.2, 0.25) is 0 Å². The van der Waals surface area contributed by atoms with Gasteiger partial charge >= 0.3 is 5.69 Å². The highest BCUT2D eigenvalue weighted by atomic mass is 16.2. The number of H-pyrrole nitrogens is 1. The average Bonchev–Trinajstić information content (AvgIpc) is 3.49. The fraction of sp³-hybridized carbons (Fsp3) is 0.414. The maximum absolute atomic E-state index is 13.9. The first-order valence-electron chi connectivity index (χ1n) is 13.7. The molecule has 1 amide bonds. The first-order chi connectivity index (χ1) is 19.0. The second-order valence-corrected chi connectivity index (χ2v) is 11.1. The summed E-state index contributed by atoms with van der Waals surface area (Å²) in [5.74, 6) is 0.677. The number of benzene rings is 1. The van der Waals surface area contributed by atoms with Crippen molar-refractivity contribution in [2.75, 3.05) is 49.6 Å². The van der Waals surface area contributed by atoms with E-state index < -0.39 is 0 Å². The molecule has 200 valence electrons. The van der Waals surface area contributed by atoms with Crippen LogP contribution in [0.5, 0.6) is 0 Å². The van der Waals surface area contributed by atoms with E-state index in [1.165, 1.54) is 11.9 Å². The Hall–Kier alpha value is -4.05. The highest BCUT2D eigenvalue weighted by Gasteiger charge is 2.46. The lowest BCUT2D eigenvalue weighted by Gasteiger charge is -2.38. The van der Waals surface area contributed by atoms with Crippen molar-refractivity contribution in [1.82, 2.24) is 29.4 Å². The van der Waals surface area contributed by atoms with Crippen LogP contribution in [0.15, 0.2) is 59.8 Å². The number of carbonyl (C=O) groups excluding carboxylic acids is 1. The maximum atomic E-state index is 13.9. The summed E-state index contributed by atoms with van der Waals surface area (Å²) >= 11 is 0. The molecule has 7 rings (SSSR count). The van der Waals surface area contributed by atoms with Gasteiger partial charge < -0.3 is 14.7 Å². The van der Waals surface area contributed by atoms with Gasteiger partial charge in [-0.25, -0.2) is 19.7 Å². The minimum absolute atomic E-state index is 0.00646. The van der Waals surface area contributed by atoms with Gasteiger partial charge in [-0.15, -0.1) is 0 Å². The minimum atomic E-state index is -0.120. The molecular formula is C29H32N8O2. The first-order valence-corrected chi connectivity index (χ1v) is 13.7. The van der Waals surface area contributed by atoms with E-state index in [1.807, 2.05) is 33.7 Å². The molecule has 10 nitrogen and oxygen atoms in total. The van der Waals surface area contributed by atoms with Gasteiger partial charge in [0.05, 0.1) is 5.52 Å². The summed E-state index contributed by atoms with van der Waals surface area (Å²) in [4.78, 5) is 49.0. The monoisotopic (exact) mass is 524 g/mol. The number of rotatable bonds is 3. The van der Waals surface area contributed by atoms with Gasteiger partial charge in [0.25, 0.3) is 5.91 Å². The van der Waals surface area contributed by atoms with E-state index in [2.05, 4.69) is 55.0 Å². The van der Waals surface area contributed by atoms with Crippen LogP contribution in [0.4, 0.5) is 11.5 Å². The lowest BCUT2D eigenvalue weighted by atomic mass is 9.74. The summed E-state index contributed by atoms with van der Waals surface area (Å²) in [6.45, 7) is 4.23. The number of nitrogens with one attached hydrogen (secondary N) is 1. The number of piperidine rings is 2. The number of imidazole rings is 1. The smallest absolute Gasteiger partial charge is 0.327 e. The van der Waals surface area contributed by atoms with E-state index >= 15 is 0 Å². The average molecular weight is 525 g/mol. The number of amides is 1. The molecule has 3 aromatic heterocycles. The topological polar surface area (TPSA) is 103 Å². The van der Waals surface area contributed by atoms with Crippen molar-refractivity contribution in [3.63, 3.8) is 0 Å². The van der Waals surface area contributed by atoms with Crippen LogP contribution in [0, 0.1) is 0 Å². The zero-order valence-corrected chi connectivity index (χ0v) is 22.1. The lowest BCUT2D eigenvalue weighted by molar-refractivity contribution is 0.0974. The van der Waals surface area contributed by atoms with Gasteiger partial charge in [0, 0.05) is 49.0 Å². The van der Waals surface area contributed by atoms with Gasteiger partial charge in [-0.3, -0.25) is 14.3 Å². The number of carbonyl (C=O) groups is 1. The molecule has 0 unspecified atom stereocenters. The molecule has 39 heavy (non-hydrogen) atoms. The summed E-state index contributed by atoms with van der Waals surface area (Å²) in [6.07, 6.45) is 6.87. The molecule has 1 N–H and O–H groups in total. The number of fused-ring (bicyclic) bond motifs is 3. The number of likely N-dealkylation sites (tertiary alicyclic amines) is 1. The number of aromatic amines is 1. The fourth-order valence-electron chi connectivity index (χ4n) is 6.74. The third-order valence-electron chi connectivity index (χ3n) is 8.93. The van der Waals surface area contributed by atoms with Crippen LogP contribution < -0.4 is 15.5 Å². The molecule has 10 heteroatoms. The Bertz CT molecular complexity index is 1590. The normalized spacial score (nSPS) is 19.6. The SMILES string of the molecule is CN1CCC2(CC1)CN(C(=O)c1cc(N3CCC(n4c(=O)[nH]c5ncccc54)CC3)ncn1)c1ccccc12. The van der Waals surface area contributed by atoms with E-state index in [1.54, 1.807) is 6.20 Å². The number of aromatic nitrogens is 5. The Balaban J connectivity index is 1.10. The van der Waals surface area contributed by atoms with Crippen molar-refractivity contribution in [2.45, 2.75) is 37.1 Å². The molecular weight excluding hydrogens is 492 g/mol. The quantitative estimate of drug-likeness (QED) is 0.440. The summed E-state index contributed by atoms with van der Waals surface area (Å²) in [7, 11) is 2.16. The highest BCUT2D eigenvalue weighted by Crippen LogP contribution is 2.47. The van der Waals surface area contributed by atoms with E-state index in [0.717, 1.165) is 68.9 Å². The van der Waals surface area contributed by atoms with Gasteiger partial charge in [0.15, 0.2) is 5.65 Å². The molecule has 0 aliphatic carbocycles. The summed E-state index contributed by atoms with van der Waals surface area (Å²) < 4.78 is 1.83. The second kappa shape index (κ2) is 9.30. The second-order valence-electron chi connectivity index (χ2n) is 11.1. The number of nitrogens with zero attached hydrogens (tertiary/aromatic N) is 7. The van der Waals surface area contributed by atoms with Gasteiger partial charge in [-0.1, -0.05) is 18.2 Å². The molecule has 0 saturated carbocycles. The zero-order valence-electron chi connectivity index (χ0n) is 22.1. The van der Waals surface area contributed by atoms with Gasteiger partial charge in [0.1, 0.15) is 17.8 Å². The Morgan fingerprint density at radius 3 is 2.62 bits per heavy atom. The summed E-state index contributed by atoms with van der Waals surface area (Å²) in [5.41, 5.74) is 4.05. The predicted molar refractivity (Wildman–Crippen MR) is 149 cm³/mol. The summed E-state index contributed by atoms with van der Waals surface area (Å²) in [6, 6.07) is 14.1. The Morgan fingerprint density at radius 2 is 1.79 bits per heavy atom. The minimum Gasteiger partial charge on any atom is -0.356 e. The molecule has 3 aliphatic heterocycles. The van der Waals surface area contributed by atoms with E-state index in [9.17, 15) is 9.59 Å². The molecule has 4 aromatic rings. The molecule has 3 aliphatic rings. The molecule has 1 aromatic carbocycles. The van der Waals surface area contributed by atoms with Crippen molar-refractivity contribution in [2.24, 2.45) is 0 Å². The third kappa shape index (κ3) is 4.01. The highest BCUT2D eigenvalue weighted by molar-refractivity contribution is 6.06. The Kier molecular flexibility index (Phi) is 5.73. The molecule has 1 spiro atoms. The number of pyridine rings is 1. The molecule has 2 fully saturated rings. The van der Waals surface area contributed by atoms with Crippen molar-refractivity contribution in [3.8, 4) is 0 Å². The van der Waals surface area contributed by atoms with Gasteiger partial charge in [-0.05, 0) is 69.6 Å². The van der Waals surface area contributed by atoms with Crippen molar-refractivity contribution < 1.29 is 4.79 Å². The first kappa shape index (κ1) is 24.0. The molecule has 0 bridgehead atoms. The fourth-order valence-corrected chi connectivity index (χ4v) is 6.74. The largest absolute Gasteiger partial charge is 0.356 e. The lowest BCUT2D eigenvalue weighted by Crippen LogP contribution is -2.45. The molecule has 2 saturated heterocycles. The van der Waals surface area contributed by atoms with Crippen molar-refractivity contribution in [3.05, 3.63) is 76.7 Å². The number of anilines is 2. The van der Waals surface area contributed by atoms with Crippen LogP contribution in [0.2, 0.25) is 0 Å². The number of para-hydroxylation sites is 1. The van der Waals surface area contributed by atoms with Crippen LogP contribution in [0.1, 0.15) is 47.8 Å². The summed E-state index contributed by atoms with van der Waals surface area (Å²) in [5, 5.41) is 0. The van der Waals surface area contributed by atoms with Crippen LogP contribution in [0.25, 0.3) is 11.2 Å². The molecule has 6 heterocycles. The van der Waals surface area contributed by atoms with E-state index in [0.29, 0.717) is 17.9 Å². The number of hydrogen-bond donors (Lipinski definition) is 1. The van der Waals surface area contributed by atoms with Crippen LogP contribution >= 0.6 is 0 Å². The zero-order chi connectivity index (χ0) is 26.6. The maximum Gasteiger partial charge on any atom is 0.327 e. The molecule has 0 atom stereocenters. The van der Waals surface area contributed by atoms with Crippen molar-refractivity contribution in [1.29, 1.82) is 0 Å². The van der Waals surface area contributed by atoms with Crippen LogP contribution in [-0.2, 0) is 5.41 Å². The van der Waals surface area contributed by atoms with E-state index in [-0.39, 0.29) is 23.1 Å². The Morgan fingerprint density at radius 1 is 1.00 bits per heavy atom. The number of hydrogen-bond acceptors (Lipinski definition) is 7. The van der Waals surface area contributed by atoms with Crippen LogP contribution in [0.3, 0.4) is 0 Å². The van der Waals surface area contributed by atoms with Crippen molar-refractivity contribution >= 4 is 28.6 Å².